The molecule has 31 heavy (non-hydrogen) atoms. The number of carbonyl (C=O) groups is 1. The second kappa shape index (κ2) is 10.5. The van der Waals surface area contributed by atoms with Gasteiger partial charge in [0.1, 0.15) is 5.60 Å². The Morgan fingerprint density at radius 1 is 1.19 bits per heavy atom. The first-order valence-electron chi connectivity index (χ1n) is 10.6. The van der Waals surface area contributed by atoms with Gasteiger partial charge in [-0.15, -0.1) is 15.3 Å². The number of nitrogens with zero attached hydrogens (tertiary/aromatic N) is 4. The minimum Gasteiger partial charge on any atom is -0.444 e. The fraction of sp³-hybridized carbons (Fsp3) is 0.545. The fourth-order valence-electron chi connectivity index (χ4n) is 3.04. The van der Waals surface area contributed by atoms with Gasteiger partial charge >= 0.3 is 6.09 Å². The van der Waals surface area contributed by atoms with Crippen LogP contribution in [-0.2, 0) is 16.9 Å². The summed E-state index contributed by atoms with van der Waals surface area (Å²) in [6.45, 7) is 10.5. The highest BCUT2D eigenvalue weighted by atomic mass is 32.2. The molecule has 0 unspecified atom stereocenters. The summed E-state index contributed by atoms with van der Waals surface area (Å²) < 4.78 is 8.11. The van der Waals surface area contributed by atoms with Crippen molar-refractivity contribution in [3.63, 3.8) is 0 Å². The Morgan fingerprint density at radius 2 is 2.00 bits per heavy atom. The zero-order valence-corrected chi connectivity index (χ0v) is 20.5. The number of amides is 1. The fourth-order valence-corrected chi connectivity index (χ4v) is 5.00. The first kappa shape index (κ1) is 23.5. The van der Waals surface area contributed by atoms with E-state index < -0.39 is 5.60 Å². The van der Waals surface area contributed by atoms with Gasteiger partial charge in [0, 0.05) is 18.7 Å². The van der Waals surface area contributed by atoms with E-state index in [2.05, 4.69) is 47.6 Å². The van der Waals surface area contributed by atoms with E-state index in [9.17, 15) is 4.79 Å². The van der Waals surface area contributed by atoms with Crippen LogP contribution in [0.25, 0.3) is 4.96 Å². The van der Waals surface area contributed by atoms with Crippen molar-refractivity contribution < 1.29 is 9.53 Å². The molecule has 0 radical (unpaired) electrons. The van der Waals surface area contributed by atoms with Crippen LogP contribution in [0, 0.1) is 13.8 Å². The first-order valence-corrected chi connectivity index (χ1v) is 12.4. The highest BCUT2D eigenvalue weighted by molar-refractivity contribution is 8.00. The molecule has 3 rings (SSSR count). The Kier molecular flexibility index (Phi) is 7.94. The molecule has 1 N–H and O–H groups in total. The van der Waals surface area contributed by atoms with Crippen LogP contribution in [0.15, 0.2) is 22.5 Å². The Balaban J connectivity index is 1.43. The van der Waals surface area contributed by atoms with E-state index in [1.54, 1.807) is 23.1 Å². The van der Waals surface area contributed by atoms with Crippen LogP contribution in [-0.4, -0.2) is 38.1 Å². The van der Waals surface area contributed by atoms with Crippen LogP contribution in [0.5, 0.6) is 0 Å². The summed E-state index contributed by atoms with van der Waals surface area (Å²) >= 11 is 3.33. The normalized spacial score (nSPS) is 11.8. The number of benzene rings is 1. The molecule has 7 nitrogen and oxygen atoms in total. The number of alkyl carbamates (subject to hydrolysis) is 1. The molecule has 2 heterocycles. The Labute approximate surface area is 192 Å². The molecule has 0 spiro atoms. The van der Waals surface area contributed by atoms with Crippen molar-refractivity contribution in [3.05, 3.63) is 40.7 Å². The van der Waals surface area contributed by atoms with Gasteiger partial charge in [-0.1, -0.05) is 53.3 Å². The topological polar surface area (TPSA) is 81.4 Å². The van der Waals surface area contributed by atoms with Crippen LogP contribution >= 0.6 is 23.1 Å². The SMILES string of the molecule is Cc1ccc(C)c(CSc2nn3c(CCCCCNC(=O)OC(C)(C)C)nnc3s2)c1. The number of aromatic nitrogens is 4. The molecule has 0 bridgehead atoms. The number of thioether (sulfide) groups is 1. The van der Waals surface area contributed by atoms with Gasteiger partial charge in [0.15, 0.2) is 10.2 Å². The lowest BCUT2D eigenvalue weighted by Gasteiger charge is -2.19. The summed E-state index contributed by atoms with van der Waals surface area (Å²) in [5.41, 5.74) is 3.47. The number of nitrogens with one attached hydrogen (secondary N) is 1. The maximum absolute atomic E-state index is 11.6. The number of unbranched alkanes of at least 4 members (excludes halogenated alkanes) is 2. The van der Waals surface area contributed by atoms with E-state index in [0.717, 1.165) is 46.6 Å². The summed E-state index contributed by atoms with van der Waals surface area (Å²) in [6.07, 6.45) is 3.32. The molecule has 0 saturated heterocycles. The lowest BCUT2D eigenvalue weighted by Crippen LogP contribution is -2.32. The van der Waals surface area contributed by atoms with Gasteiger partial charge in [-0.3, -0.25) is 0 Å². The molecule has 168 valence electrons. The number of ether oxygens (including phenoxy) is 1. The molecule has 0 saturated carbocycles. The third kappa shape index (κ3) is 7.21. The number of carbonyl (C=O) groups excluding carboxylic acids is 1. The van der Waals surface area contributed by atoms with Crippen molar-refractivity contribution in [3.8, 4) is 0 Å². The van der Waals surface area contributed by atoms with Gasteiger partial charge in [0.05, 0.1) is 0 Å². The minimum absolute atomic E-state index is 0.361. The van der Waals surface area contributed by atoms with E-state index in [4.69, 9.17) is 9.84 Å². The molecule has 1 amide bonds. The summed E-state index contributed by atoms with van der Waals surface area (Å²) in [7, 11) is 0. The van der Waals surface area contributed by atoms with Gasteiger partial charge in [-0.25, -0.2) is 4.79 Å². The average Bonchev–Trinajstić information content (AvgIpc) is 3.24. The molecule has 0 aliphatic heterocycles. The second-order valence-corrected chi connectivity index (χ2v) is 10.8. The highest BCUT2D eigenvalue weighted by Crippen LogP contribution is 2.29. The summed E-state index contributed by atoms with van der Waals surface area (Å²) in [5, 5.41) is 16.1. The van der Waals surface area contributed by atoms with Crippen molar-refractivity contribution in [2.45, 2.75) is 76.0 Å². The van der Waals surface area contributed by atoms with Gasteiger partial charge < -0.3 is 10.1 Å². The van der Waals surface area contributed by atoms with Crippen LogP contribution < -0.4 is 5.32 Å². The van der Waals surface area contributed by atoms with Crippen LogP contribution in [0.2, 0.25) is 0 Å². The highest BCUT2D eigenvalue weighted by Gasteiger charge is 2.15. The molecule has 9 heteroatoms. The number of hydrogen-bond donors (Lipinski definition) is 1. The zero-order chi connectivity index (χ0) is 22.4. The van der Waals surface area contributed by atoms with Crippen LogP contribution in [0.3, 0.4) is 0 Å². The number of hydrogen-bond acceptors (Lipinski definition) is 7. The summed E-state index contributed by atoms with van der Waals surface area (Å²) in [5.74, 6) is 1.79. The summed E-state index contributed by atoms with van der Waals surface area (Å²) in [4.78, 5) is 12.5. The molecular formula is C22H31N5O2S2. The van der Waals surface area contributed by atoms with E-state index in [-0.39, 0.29) is 6.09 Å². The molecule has 2 aromatic heterocycles. The molecular weight excluding hydrogens is 430 g/mol. The maximum atomic E-state index is 11.6. The van der Waals surface area contributed by atoms with Crippen molar-refractivity contribution in [2.75, 3.05) is 6.54 Å². The Bertz CT molecular complexity index is 1020. The van der Waals surface area contributed by atoms with Crippen molar-refractivity contribution in [2.24, 2.45) is 0 Å². The number of aryl methyl sites for hydroxylation is 3. The molecule has 3 aromatic rings. The van der Waals surface area contributed by atoms with Crippen LogP contribution in [0.4, 0.5) is 4.79 Å². The van der Waals surface area contributed by atoms with E-state index >= 15 is 0 Å². The predicted octanol–water partition coefficient (Wildman–Crippen LogP) is 5.33. The zero-order valence-electron chi connectivity index (χ0n) is 18.9. The monoisotopic (exact) mass is 461 g/mol. The van der Waals surface area contributed by atoms with Crippen molar-refractivity contribution in [1.29, 1.82) is 0 Å². The molecule has 0 fully saturated rings. The van der Waals surface area contributed by atoms with Gasteiger partial charge in [-0.05, 0) is 58.6 Å². The minimum atomic E-state index is -0.466. The van der Waals surface area contributed by atoms with Crippen molar-refractivity contribution >= 4 is 34.2 Å². The molecule has 1 aromatic carbocycles. The van der Waals surface area contributed by atoms with Crippen LogP contribution in [0.1, 0.15) is 62.5 Å². The quantitative estimate of drug-likeness (QED) is 0.342. The number of rotatable bonds is 9. The van der Waals surface area contributed by atoms with Gasteiger partial charge in [-0.2, -0.15) is 4.52 Å². The van der Waals surface area contributed by atoms with Gasteiger partial charge in [0.2, 0.25) is 4.96 Å². The Hall–Kier alpha value is -2.13. The van der Waals surface area contributed by atoms with E-state index in [1.165, 1.54) is 16.7 Å². The van der Waals surface area contributed by atoms with Crippen molar-refractivity contribution in [1.82, 2.24) is 25.1 Å². The van der Waals surface area contributed by atoms with Gasteiger partial charge in [0.25, 0.3) is 0 Å². The predicted molar refractivity (Wildman–Crippen MR) is 126 cm³/mol. The second-order valence-electron chi connectivity index (χ2n) is 8.64. The first-order chi connectivity index (χ1) is 14.7. The third-order valence-corrected chi connectivity index (χ3v) is 6.72. The van der Waals surface area contributed by atoms with E-state index in [0.29, 0.717) is 6.54 Å². The largest absolute Gasteiger partial charge is 0.444 e. The molecule has 0 atom stereocenters. The number of fused-ring (bicyclic) bond motifs is 1. The summed E-state index contributed by atoms with van der Waals surface area (Å²) in [6, 6.07) is 6.56. The average molecular weight is 462 g/mol. The lowest BCUT2D eigenvalue weighted by molar-refractivity contribution is 0.0527. The molecule has 0 aliphatic rings. The molecule has 0 aliphatic carbocycles. The van der Waals surface area contributed by atoms with E-state index in [1.807, 2.05) is 25.3 Å². The smallest absolute Gasteiger partial charge is 0.407 e. The Morgan fingerprint density at radius 3 is 2.77 bits per heavy atom. The lowest BCUT2D eigenvalue weighted by atomic mass is 10.1. The maximum Gasteiger partial charge on any atom is 0.407 e. The third-order valence-electron chi connectivity index (χ3n) is 4.64. The standard InChI is InChI=1S/C22H31N5O2S2/c1-15-10-11-16(2)17(13-15)14-30-21-26-27-18(24-25-19(27)31-21)9-7-6-8-12-23-20(28)29-22(3,4)5/h10-11,13H,6-9,12,14H2,1-5H3,(H,23,28).